The zero-order valence-corrected chi connectivity index (χ0v) is 43.0. The molecule has 18 N–H and O–H groups in total. The van der Waals surface area contributed by atoms with E-state index < -0.39 is 186 Å². The van der Waals surface area contributed by atoms with E-state index in [9.17, 15) is 95.2 Å². The standard InChI is InChI=1S/C47H76N6O26/c54-20-27-33(61)36(64)39(67)44(77-27)73-15-12-48-30(57)18-53(19-31(58)49-13-16-74-45-40(68)37(65)34(62)28(21-55)78-45)26(43(71)51-14-17-75-46-41(69)38(66)35(63)29(22-56)79-46)8-4-5-11-50-42(70)25(9-10-32(59)60)52-47(72)76-23-24-6-2-1-3-7-24/h1-3,6-7,25-29,33-41,44-46,54-56,61-69H,4-5,8-23H2,(H,48,57)(H,49,58)(H,50,70)(H,51,71)(H,52,72)(H,59,60)/t25?,26?,27-,28-,29-,33-,34-,35-,36+,37+,38+,39+,40+,41+,44+,45+,46+/m1/s1. The third-order valence-corrected chi connectivity index (χ3v) is 12.8. The predicted molar refractivity (Wildman–Crippen MR) is 261 cm³/mol. The minimum atomic E-state index is -1.77. The lowest BCUT2D eigenvalue weighted by atomic mass is 9.99. The number of hydrogen-bond donors (Lipinski definition) is 18. The van der Waals surface area contributed by atoms with Crippen molar-refractivity contribution in [1.82, 2.24) is 31.5 Å². The van der Waals surface area contributed by atoms with Gasteiger partial charge in [-0.1, -0.05) is 30.3 Å². The topological polar surface area (TPSA) is 493 Å². The minimum Gasteiger partial charge on any atom is -0.481 e. The normalized spacial score (nSPS) is 29.7. The van der Waals surface area contributed by atoms with Crippen LogP contribution in [0.3, 0.4) is 0 Å². The van der Waals surface area contributed by atoms with E-state index in [0.717, 1.165) is 0 Å². The fourth-order valence-electron chi connectivity index (χ4n) is 8.29. The van der Waals surface area contributed by atoms with Crippen LogP contribution < -0.4 is 26.6 Å². The van der Waals surface area contributed by atoms with E-state index in [4.69, 9.17) is 33.2 Å². The average Bonchev–Trinajstić information content (AvgIpc) is 3.44. The SMILES string of the molecule is O=C(O)CCC(NC(=O)OCc1ccccc1)C(=O)NCCCCC(C(=O)NCCO[C@H]1O[C@H](CO)[C@@H](O)[C@H](O)[C@@H]1O)N(CC(=O)NCCO[C@H]1O[C@H](CO)[C@@H](O)[C@H](O)[C@@H]1O)CC(=O)NCCO[C@H]1O[C@H](CO)[C@@H](O)[C@H](O)[C@@H]1O. The van der Waals surface area contributed by atoms with Gasteiger partial charge in [0, 0.05) is 32.6 Å². The number of ether oxygens (including phenoxy) is 7. The second-order valence-electron chi connectivity index (χ2n) is 18.6. The summed E-state index contributed by atoms with van der Waals surface area (Å²) in [5, 5.41) is 142. The quantitative estimate of drug-likeness (QED) is 0.0291. The molecule has 0 spiro atoms. The number of carbonyl (C=O) groups excluding carboxylic acids is 5. The van der Waals surface area contributed by atoms with E-state index in [0.29, 0.717) is 5.56 Å². The van der Waals surface area contributed by atoms with Gasteiger partial charge in [0.15, 0.2) is 18.9 Å². The number of hydrogen-bond acceptors (Lipinski definition) is 26. The van der Waals surface area contributed by atoms with Crippen LogP contribution in [0.1, 0.15) is 37.7 Å². The molecule has 0 aliphatic carbocycles. The number of nitrogens with zero attached hydrogens (tertiary/aromatic N) is 1. The average molecular weight is 1140 g/mol. The van der Waals surface area contributed by atoms with Crippen molar-refractivity contribution in [2.45, 2.75) is 143 Å². The maximum Gasteiger partial charge on any atom is 0.408 e. The second-order valence-corrected chi connectivity index (χ2v) is 18.6. The number of carbonyl (C=O) groups is 6. The van der Waals surface area contributed by atoms with Crippen molar-refractivity contribution in [3.63, 3.8) is 0 Å². The lowest BCUT2D eigenvalue weighted by molar-refractivity contribution is -0.300. The van der Waals surface area contributed by atoms with Gasteiger partial charge < -0.3 is 126 Å². The van der Waals surface area contributed by atoms with Gasteiger partial charge in [0.25, 0.3) is 0 Å². The summed E-state index contributed by atoms with van der Waals surface area (Å²) in [6.07, 6.45) is -25.7. The Labute approximate surface area is 452 Å². The van der Waals surface area contributed by atoms with E-state index in [-0.39, 0.29) is 71.7 Å². The van der Waals surface area contributed by atoms with Crippen LogP contribution in [0.4, 0.5) is 4.79 Å². The summed E-state index contributed by atoms with van der Waals surface area (Å²) in [6, 6.07) is 5.92. The highest BCUT2D eigenvalue weighted by Crippen LogP contribution is 2.24. The van der Waals surface area contributed by atoms with Crippen LogP contribution in [0.15, 0.2) is 30.3 Å². The summed E-state index contributed by atoms with van der Waals surface area (Å²) in [6.45, 7) is -5.82. The van der Waals surface area contributed by atoms with Crippen LogP contribution in [0, 0.1) is 0 Å². The number of nitrogens with one attached hydrogen (secondary N) is 5. The van der Waals surface area contributed by atoms with Gasteiger partial charge in [0.2, 0.25) is 23.6 Å². The first-order valence-corrected chi connectivity index (χ1v) is 25.5. The zero-order valence-electron chi connectivity index (χ0n) is 43.0. The Balaban J connectivity index is 1.47. The Kier molecular flexibility index (Phi) is 29.0. The summed E-state index contributed by atoms with van der Waals surface area (Å²) in [5.74, 6) is -4.39. The summed E-state index contributed by atoms with van der Waals surface area (Å²) >= 11 is 0. The van der Waals surface area contributed by atoms with Crippen LogP contribution in [-0.2, 0) is 63.7 Å². The molecule has 3 aliphatic rings. The monoisotopic (exact) mass is 1140 g/mol. The third kappa shape index (κ3) is 21.2. The van der Waals surface area contributed by atoms with E-state index in [1.165, 1.54) is 4.90 Å². The summed E-state index contributed by atoms with van der Waals surface area (Å²) in [7, 11) is 0. The van der Waals surface area contributed by atoms with Crippen molar-refractivity contribution in [1.29, 1.82) is 0 Å². The Bertz CT molecular complexity index is 1960. The molecule has 0 saturated carbocycles. The van der Waals surface area contributed by atoms with Crippen molar-refractivity contribution in [2.24, 2.45) is 0 Å². The fourth-order valence-corrected chi connectivity index (χ4v) is 8.29. The van der Waals surface area contributed by atoms with Crippen molar-refractivity contribution in [3.05, 3.63) is 35.9 Å². The molecule has 2 unspecified atom stereocenters. The molecule has 79 heavy (non-hydrogen) atoms. The zero-order chi connectivity index (χ0) is 58.2. The number of aliphatic hydroxyl groups is 12. The van der Waals surface area contributed by atoms with Crippen LogP contribution in [-0.4, -0.2) is 290 Å². The number of carboxylic acid groups (broad SMARTS) is 1. The Morgan fingerprint density at radius 1 is 0.532 bits per heavy atom. The molecule has 1 aromatic rings. The molecule has 0 aromatic heterocycles. The van der Waals surface area contributed by atoms with Crippen molar-refractivity contribution < 1.29 is 128 Å². The first-order chi connectivity index (χ1) is 37.7. The number of aliphatic carboxylic acids is 1. The number of benzene rings is 1. The number of amides is 5. The highest BCUT2D eigenvalue weighted by Gasteiger charge is 2.46. The number of aliphatic hydroxyl groups excluding tert-OH is 12. The van der Waals surface area contributed by atoms with Gasteiger partial charge in [-0.2, -0.15) is 0 Å². The second kappa shape index (κ2) is 34.4. The number of rotatable bonds is 33. The highest BCUT2D eigenvalue weighted by molar-refractivity contribution is 5.87. The summed E-state index contributed by atoms with van der Waals surface area (Å²) in [4.78, 5) is 79.8. The van der Waals surface area contributed by atoms with Gasteiger partial charge in [-0.3, -0.25) is 28.9 Å². The molecule has 3 heterocycles. The van der Waals surface area contributed by atoms with E-state index in [1.54, 1.807) is 30.3 Å². The first kappa shape index (κ1) is 66.6. The number of unbranched alkanes of at least 4 members (excludes halogenated alkanes) is 1. The van der Waals surface area contributed by atoms with Crippen molar-refractivity contribution >= 4 is 35.7 Å². The lowest BCUT2D eigenvalue weighted by Gasteiger charge is -2.39. The summed E-state index contributed by atoms with van der Waals surface area (Å²) < 4.78 is 37.5. The molecule has 17 atom stereocenters. The maximum atomic E-state index is 14.2. The number of alkyl carbamates (subject to hydrolysis) is 1. The highest BCUT2D eigenvalue weighted by atomic mass is 16.7. The van der Waals surface area contributed by atoms with E-state index in [2.05, 4.69) is 26.6 Å². The van der Waals surface area contributed by atoms with Gasteiger partial charge in [-0.25, -0.2) is 4.79 Å². The maximum absolute atomic E-state index is 14.2. The number of carboxylic acids is 1. The molecule has 3 saturated heterocycles. The van der Waals surface area contributed by atoms with Gasteiger partial charge in [0.05, 0.1) is 58.8 Å². The molecule has 32 nitrogen and oxygen atoms in total. The van der Waals surface area contributed by atoms with Crippen LogP contribution >= 0.6 is 0 Å². The molecule has 0 bridgehead atoms. The van der Waals surface area contributed by atoms with Crippen LogP contribution in [0.2, 0.25) is 0 Å². The molecule has 4 rings (SSSR count). The molecule has 32 heteroatoms. The molecular formula is C47H76N6O26. The van der Waals surface area contributed by atoms with E-state index >= 15 is 0 Å². The van der Waals surface area contributed by atoms with Crippen LogP contribution in [0.5, 0.6) is 0 Å². The lowest BCUT2D eigenvalue weighted by Crippen LogP contribution is -2.59. The molecule has 450 valence electrons. The van der Waals surface area contributed by atoms with Gasteiger partial charge >= 0.3 is 12.1 Å². The molecule has 5 amide bonds. The minimum absolute atomic E-state index is 0.0890. The van der Waals surface area contributed by atoms with Crippen molar-refractivity contribution in [2.75, 3.05) is 78.9 Å². The van der Waals surface area contributed by atoms with Gasteiger partial charge in [-0.05, 0) is 31.2 Å². The smallest absolute Gasteiger partial charge is 0.408 e. The predicted octanol–water partition coefficient (Wildman–Crippen LogP) is -9.10. The third-order valence-electron chi connectivity index (χ3n) is 12.8. The molecule has 3 fully saturated rings. The van der Waals surface area contributed by atoms with Crippen LogP contribution in [0.25, 0.3) is 0 Å². The largest absolute Gasteiger partial charge is 0.481 e. The molecule has 0 radical (unpaired) electrons. The van der Waals surface area contributed by atoms with E-state index in [1.807, 2.05) is 0 Å². The summed E-state index contributed by atoms with van der Waals surface area (Å²) in [5.41, 5.74) is 0.650. The fraction of sp³-hybridized carbons (Fsp3) is 0.745. The Morgan fingerprint density at radius 2 is 0.962 bits per heavy atom. The Hall–Kier alpha value is -4.92. The van der Waals surface area contributed by atoms with Gasteiger partial charge in [-0.15, -0.1) is 0 Å². The molecular weight excluding hydrogens is 1060 g/mol. The molecule has 1 aromatic carbocycles. The first-order valence-electron chi connectivity index (χ1n) is 25.5. The Morgan fingerprint density at radius 3 is 1.39 bits per heavy atom. The van der Waals surface area contributed by atoms with Gasteiger partial charge in [0.1, 0.15) is 85.9 Å². The molecule has 3 aliphatic heterocycles. The van der Waals surface area contributed by atoms with Crippen molar-refractivity contribution in [3.8, 4) is 0 Å².